The first-order chi connectivity index (χ1) is 11.1. The normalized spacial score (nSPS) is 13.3. The zero-order chi connectivity index (χ0) is 16.4. The van der Waals surface area contributed by atoms with E-state index in [4.69, 9.17) is 0 Å². The van der Waals surface area contributed by atoms with Crippen molar-refractivity contribution in [3.05, 3.63) is 33.9 Å². The topological polar surface area (TPSA) is 87.6 Å². The SMILES string of the molecule is Cc1nn(C)c(C)c1CCCNC(=O)c1n[nH]c2c1CNCC2.Cl. The molecular formula is C16H25ClN6O. The molecule has 1 aliphatic heterocycles. The van der Waals surface area contributed by atoms with Gasteiger partial charge in [-0.15, -0.1) is 12.4 Å². The summed E-state index contributed by atoms with van der Waals surface area (Å²) in [6.45, 7) is 6.39. The lowest BCUT2D eigenvalue weighted by atomic mass is 10.1. The maximum absolute atomic E-state index is 12.3. The van der Waals surface area contributed by atoms with Crippen LogP contribution in [0, 0.1) is 13.8 Å². The highest BCUT2D eigenvalue weighted by molar-refractivity contribution is 5.94. The molecule has 1 amide bonds. The van der Waals surface area contributed by atoms with Gasteiger partial charge in [-0.05, 0) is 32.3 Å². The lowest BCUT2D eigenvalue weighted by Crippen LogP contribution is -2.29. The number of nitrogens with zero attached hydrogens (tertiary/aromatic N) is 3. The molecule has 0 radical (unpaired) electrons. The van der Waals surface area contributed by atoms with Crippen LogP contribution in [-0.4, -0.2) is 39.0 Å². The average molecular weight is 353 g/mol. The number of fused-ring (bicyclic) bond motifs is 1. The highest BCUT2D eigenvalue weighted by Crippen LogP contribution is 2.16. The Bertz CT molecular complexity index is 720. The number of H-pyrrole nitrogens is 1. The molecule has 8 heteroatoms. The summed E-state index contributed by atoms with van der Waals surface area (Å²) in [5.41, 5.74) is 6.16. The third-order valence-electron chi connectivity index (χ3n) is 4.57. The van der Waals surface area contributed by atoms with Crippen LogP contribution in [-0.2, 0) is 26.4 Å². The van der Waals surface area contributed by atoms with E-state index in [-0.39, 0.29) is 18.3 Å². The van der Waals surface area contributed by atoms with Gasteiger partial charge < -0.3 is 10.6 Å². The molecule has 0 aliphatic carbocycles. The van der Waals surface area contributed by atoms with Crippen molar-refractivity contribution in [1.82, 2.24) is 30.6 Å². The standard InChI is InChI=1S/C16H24N6O.ClH/c1-10-12(11(2)22(3)21-10)5-4-7-18-16(23)15-13-9-17-8-6-14(13)19-20-15;/h17H,4-9H2,1-3H3,(H,18,23)(H,19,20);1H. The second kappa shape index (κ2) is 7.81. The molecule has 0 spiro atoms. The van der Waals surface area contributed by atoms with Crippen molar-refractivity contribution in [2.75, 3.05) is 13.1 Å². The monoisotopic (exact) mass is 352 g/mol. The van der Waals surface area contributed by atoms with E-state index in [9.17, 15) is 4.79 Å². The Kier molecular flexibility index (Phi) is 6.01. The van der Waals surface area contributed by atoms with Crippen molar-refractivity contribution in [2.24, 2.45) is 7.05 Å². The third-order valence-corrected chi connectivity index (χ3v) is 4.57. The van der Waals surface area contributed by atoms with Gasteiger partial charge in [-0.1, -0.05) is 0 Å². The fraction of sp³-hybridized carbons (Fsp3) is 0.562. The molecule has 0 unspecified atom stereocenters. The van der Waals surface area contributed by atoms with Crippen molar-refractivity contribution in [2.45, 2.75) is 39.7 Å². The number of hydrogen-bond acceptors (Lipinski definition) is 4. The first kappa shape index (κ1) is 18.5. The molecule has 0 fully saturated rings. The summed E-state index contributed by atoms with van der Waals surface area (Å²) >= 11 is 0. The molecule has 2 aromatic heterocycles. The molecule has 3 rings (SSSR count). The summed E-state index contributed by atoms with van der Waals surface area (Å²) in [6.07, 6.45) is 2.71. The van der Waals surface area contributed by atoms with Gasteiger partial charge in [-0.3, -0.25) is 14.6 Å². The first-order valence-electron chi connectivity index (χ1n) is 8.12. The Morgan fingerprint density at radius 1 is 1.38 bits per heavy atom. The lowest BCUT2D eigenvalue weighted by Gasteiger charge is -2.12. The van der Waals surface area contributed by atoms with Gasteiger partial charge in [-0.25, -0.2) is 0 Å². The van der Waals surface area contributed by atoms with Crippen LogP contribution in [0.2, 0.25) is 0 Å². The maximum atomic E-state index is 12.3. The van der Waals surface area contributed by atoms with Gasteiger partial charge in [0.2, 0.25) is 0 Å². The smallest absolute Gasteiger partial charge is 0.272 e. The van der Waals surface area contributed by atoms with Crippen LogP contribution in [0.3, 0.4) is 0 Å². The Labute approximate surface area is 148 Å². The number of carbonyl (C=O) groups is 1. The summed E-state index contributed by atoms with van der Waals surface area (Å²) in [5.74, 6) is -0.0918. The summed E-state index contributed by atoms with van der Waals surface area (Å²) in [7, 11) is 1.96. The molecule has 0 saturated carbocycles. The first-order valence-corrected chi connectivity index (χ1v) is 8.12. The molecule has 0 atom stereocenters. The minimum absolute atomic E-state index is 0. The number of halogens is 1. The molecule has 3 N–H and O–H groups in total. The number of rotatable bonds is 5. The van der Waals surface area contributed by atoms with Crippen LogP contribution in [0.1, 0.15) is 45.1 Å². The van der Waals surface area contributed by atoms with Gasteiger partial charge in [0.25, 0.3) is 5.91 Å². The molecule has 7 nitrogen and oxygen atoms in total. The summed E-state index contributed by atoms with van der Waals surface area (Å²) < 4.78 is 1.91. The quantitative estimate of drug-likeness (QED) is 0.705. The number of amides is 1. The maximum Gasteiger partial charge on any atom is 0.272 e. The molecule has 2 aromatic rings. The molecule has 132 valence electrons. The highest BCUT2D eigenvalue weighted by atomic mass is 35.5. The lowest BCUT2D eigenvalue weighted by molar-refractivity contribution is 0.0947. The highest BCUT2D eigenvalue weighted by Gasteiger charge is 2.21. The summed E-state index contributed by atoms with van der Waals surface area (Å²) in [4.78, 5) is 12.3. The average Bonchev–Trinajstić information content (AvgIpc) is 3.07. The van der Waals surface area contributed by atoms with Gasteiger partial charge in [0, 0.05) is 50.1 Å². The molecule has 0 saturated heterocycles. The van der Waals surface area contributed by atoms with E-state index in [2.05, 4.69) is 32.9 Å². The molecule has 0 aromatic carbocycles. The van der Waals surface area contributed by atoms with Crippen molar-refractivity contribution in [1.29, 1.82) is 0 Å². The molecule has 0 bridgehead atoms. The van der Waals surface area contributed by atoms with Crippen molar-refractivity contribution < 1.29 is 4.79 Å². The van der Waals surface area contributed by atoms with E-state index in [1.807, 2.05) is 18.7 Å². The summed E-state index contributed by atoms with van der Waals surface area (Å²) in [6, 6.07) is 0. The van der Waals surface area contributed by atoms with Crippen LogP contribution < -0.4 is 10.6 Å². The number of aryl methyl sites for hydroxylation is 2. The zero-order valence-corrected chi connectivity index (χ0v) is 15.2. The predicted octanol–water partition coefficient (Wildman–Crippen LogP) is 1.19. The van der Waals surface area contributed by atoms with Crippen molar-refractivity contribution in [3.8, 4) is 0 Å². The Hall–Kier alpha value is -1.86. The largest absolute Gasteiger partial charge is 0.351 e. The van der Waals surface area contributed by atoms with Crippen LogP contribution in [0.5, 0.6) is 0 Å². The van der Waals surface area contributed by atoms with E-state index >= 15 is 0 Å². The van der Waals surface area contributed by atoms with Crippen LogP contribution >= 0.6 is 12.4 Å². The molecule has 1 aliphatic rings. The third kappa shape index (κ3) is 3.62. The molecular weight excluding hydrogens is 328 g/mol. The van der Waals surface area contributed by atoms with Gasteiger partial charge in [0.15, 0.2) is 5.69 Å². The fourth-order valence-electron chi connectivity index (χ4n) is 3.14. The second-order valence-corrected chi connectivity index (χ2v) is 6.09. The van der Waals surface area contributed by atoms with Gasteiger partial charge in [-0.2, -0.15) is 10.2 Å². The van der Waals surface area contributed by atoms with E-state index in [0.717, 1.165) is 42.8 Å². The Balaban J connectivity index is 0.00000208. The zero-order valence-electron chi connectivity index (χ0n) is 14.4. The number of hydrogen-bond donors (Lipinski definition) is 3. The predicted molar refractivity (Wildman–Crippen MR) is 94.6 cm³/mol. The number of aromatic amines is 1. The number of carbonyl (C=O) groups excluding carboxylic acids is 1. The van der Waals surface area contributed by atoms with Crippen molar-refractivity contribution >= 4 is 18.3 Å². The van der Waals surface area contributed by atoms with Gasteiger partial charge in [0.05, 0.1) is 5.69 Å². The Morgan fingerprint density at radius 3 is 2.88 bits per heavy atom. The van der Waals surface area contributed by atoms with E-state index in [1.54, 1.807) is 0 Å². The molecule has 24 heavy (non-hydrogen) atoms. The van der Waals surface area contributed by atoms with E-state index < -0.39 is 0 Å². The van der Waals surface area contributed by atoms with E-state index in [0.29, 0.717) is 18.8 Å². The van der Waals surface area contributed by atoms with Gasteiger partial charge >= 0.3 is 0 Å². The van der Waals surface area contributed by atoms with Crippen molar-refractivity contribution in [3.63, 3.8) is 0 Å². The fourth-order valence-corrected chi connectivity index (χ4v) is 3.14. The Morgan fingerprint density at radius 2 is 2.17 bits per heavy atom. The molecule has 3 heterocycles. The van der Waals surface area contributed by atoms with Gasteiger partial charge in [0.1, 0.15) is 0 Å². The van der Waals surface area contributed by atoms with Crippen LogP contribution in [0.4, 0.5) is 0 Å². The van der Waals surface area contributed by atoms with Crippen LogP contribution in [0.25, 0.3) is 0 Å². The number of nitrogens with one attached hydrogen (secondary N) is 3. The minimum atomic E-state index is -0.0918. The van der Waals surface area contributed by atoms with Crippen LogP contribution in [0.15, 0.2) is 0 Å². The minimum Gasteiger partial charge on any atom is -0.351 e. The number of aromatic nitrogens is 4. The summed E-state index contributed by atoms with van der Waals surface area (Å²) in [5, 5.41) is 17.8. The second-order valence-electron chi connectivity index (χ2n) is 6.09. The van der Waals surface area contributed by atoms with E-state index in [1.165, 1.54) is 11.3 Å².